The molecule has 7 rings (SSSR count). The number of benzene rings is 2. The van der Waals surface area contributed by atoms with Crippen LogP contribution in [0.4, 0.5) is 5.69 Å². The molecule has 5 amide bonds. The van der Waals surface area contributed by atoms with E-state index in [0.717, 1.165) is 62.1 Å². The molecule has 0 bridgehead atoms. The molecule has 1 saturated carbocycles. The molecule has 346 valence electrons. The van der Waals surface area contributed by atoms with E-state index in [2.05, 4.69) is 45.9 Å². The Morgan fingerprint density at radius 2 is 1.71 bits per heavy atom. The number of pyridine rings is 1. The summed E-state index contributed by atoms with van der Waals surface area (Å²) in [5.74, 6) is -1.18. The van der Waals surface area contributed by atoms with Crippen molar-refractivity contribution in [2.24, 2.45) is 4.99 Å². The van der Waals surface area contributed by atoms with Crippen molar-refractivity contribution in [2.75, 3.05) is 45.7 Å². The Balaban J connectivity index is 0.877. The lowest BCUT2D eigenvalue weighted by molar-refractivity contribution is -0.136. The van der Waals surface area contributed by atoms with E-state index in [1.165, 1.54) is 7.05 Å². The first-order valence-corrected chi connectivity index (χ1v) is 22.8. The summed E-state index contributed by atoms with van der Waals surface area (Å²) in [6, 6.07) is 11.9. The molecule has 65 heavy (non-hydrogen) atoms. The molecule has 3 aliphatic heterocycles. The molecule has 4 heterocycles. The number of anilines is 1. The number of likely N-dealkylation sites (N-methyl/N-ethyl adjacent to an activating group) is 1. The van der Waals surface area contributed by atoms with E-state index in [4.69, 9.17) is 21.1 Å². The van der Waals surface area contributed by atoms with Crippen LogP contribution in [0.25, 0.3) is 10.9 Å². The number of aromatic nitrogens is 1. The Hall–Kier alpha value is -5.84. The van der Waals surface area contributed by atoms with Gasteiger partial charge in [0.15, 0.2) is 18.2 Å². The molecule has 3 N–H and O–H groups in total. The molecule has 17 heteroatoms. The van der Waals surface area contributed by atoms with E-state index in [1.54, 1.807) is 16.7 Å². The highest BCUT2D eigenvalue weighted by Crippen LogP contribution is 2.37. The van der Waals surface area contributed by atoms with Crippen LogP contribution in [0.15, 0.2) is 76.3 Å². The van der Waals surface area contributed by atoms with Crippen LogP contribution in [-0.4, -0.2) is 119 Å². The molecule has 0 radical (unpaired) electrons. The number of rotatable bonds is 16. The summed E-state index contributed by atoms with van der Waals surface area (Å²) in [6.07, 6.45) is 6.05. The minimum Gasteiger partial charge on any atom is -0.478 e. The second-order valence-corrected chi connectivity index (χ2v) is 18.2. The number of carbonyl (C=O) groups is 5. The number of halogens is 1. The Morgan fingerprint density at radius 3 is 2.40 bits per heavy atom. The van der Waals surface area contributed by atoms with Gasteiger partial charge in [0.05, 0.1) is 33.9 Å². The monoisotopic (exact) mass is 910 g/mol. The van der Waals surface area contributed by atoms with Gasteiger partial charge in [0.2, 0.25) is 11.8 Å². The van der Waals surface area contributed by atoms with Crippen molar-refractivity contribution in [3.05, 3.63) is 93.5 Å². The van der Waals surface area contributed by atoms with Crippen LogP contribution < -0.4 is 26.2 Å². The average molecular weight is 912 g/mol. The van der Waals surface area contributed by atoms with Gasteiger partial charge >= 0.3 is 0 Å². The fraction of sp³-hybridized carbons (Fsp3) is 0.479. The largest absolute Gasteiger partial charge is 0.478 e. The van der Waals surface area contributed by atoms with Crippen molar-refractivity contribution in [3.63, 3.8) is 0 Å². The number of likely N-dealkylation sites (tertiary alicyclic amines) is 1. The van der Waals surface area contributed by atoms with Crippen LogP contribution >= 0.6 is 11.6 Å². The second-order valence-electron chi connectivity index (χ2n) is 17.7. The van der Waals surface area contributed by atoms with Gasteiger partial charge in [0.1, 0.15) is 11.9 Å². The third-order valence-corrected chi connectivity index (χ3v) is 13.2. The summed E-state index contributed by atoms with van der Waals surface area (Å²) in [6.45, 7) is 16.2. The zero-order valence-corrected chi connectivity index (χ0v) is 38.5. The van der Waals surface area contributed by atoms with Gasteiger partial charge in [0, 0.05) is 50.2 Å². The zero-order chi connectivity index (χ0) is 46.7. The van der Waals surface area contributed by atoms with Crippen molar-refractivity contribution in [2.45, 2.75) is 108 Å². The van der Waals surface area contributed by atoms with Crippen LogP contribution in [0.5, 0.6) is 5.75 Å². The van der Waals surface area contributed by atoms with E-state index in [1.807, 2.05) is 56.1 Å². The van der Waals surface area contributed by atoms with Gasteiger partial charge in [-0.25, -0.2) is 4.99 Å². The number of fused-ring (bicyclic) bond motifs is 2. The molecule has 4 atom stereocenters. The number of ether oxygens (including phenoxy) is 2. The fourth-order valence-electron chi connectivity index (χ4n) is 9.35. The quantitative estimate of drug-likeness (QED) is 0.0915. The molecular weight excluding hydrogens is 852 g/mol. The molecule has 1 aromatic heterocycles. The van der Waals surface area contributed by atoms with Crippen molar-refractivity contribution in [3.8, 4) is 5.75 Å². The predicted molar refractivity (Wildman–Crippen MR) is 249 cm³/mol. The molecular formula is C48H59ClN8O8. The minimum atomic E-state index is -0.976. The van der Waals surface area contributed by atoms with Crippen molar-refractivity contribution in [1.29, 1.82) is 0 Å². The highest BCUT2D eigenvalue weighted by molar-refractivity contribution is 6.44. The van der Waals surface area contributed by atoms with E-state index in [0.29, 0.717) is 52.0 Å². The highest BCUT2D eigenvalue weighted by atomic mass is 35.5. The molecule has 3 aromatic rings. The molecule has 16 nitrogen and oxygen atoms in total. The van der Waals surface area contributed by atoms with E-state index < -0.39 is 29.7 Å². The number of imide groups is 2. The SMILES string of the molecule is C=C(Cl)/C(=N\C(=C)N(C)CCC(C)OC1CCC(N2CCC(c3ccc4c(c3)C(=O)N(C3CCC(=O)NC3=O)C4=O)CC2)C1)Nc1ccc2c(c1)cc(OCC(=O)NC)c(=O)n2C(C)C. The highest BCUT2D eigenvalue weighted by Gasteiger charge is 2.45. The number of nitrogens with one attached hydrogen (secondary N) is 3. The first-order valence-electron chi connectivity index (χ1n) is 22.4. The van der Waals surface area contributed by atoms with Gasteiger partial charge in [-0.15, -0.1) is 0 Å². The lowest BCUT2D eigenvalue weighted by atomic mass is 9.87. The summed E-state index contributed by atoms with van der Waals surface area (Å²) in [7, 11) is 3.42. The topological polar surface area (TPSA) is 184 Å². The van der Waals surface area contributed by atoms with Crippen molar-refractivity contribution in [1.82, 2.24) is 29.9 Å². The molecule has 3 fully saturated rings. The van der Waals surface area contributed by atoms with Gasteiger partial charge < -0.3 is 34.5 Å². The molecule has 0 spiro atoms. The summed E-state index contributed by atoms with van der Waals surface area (Å²) >= 11 is 6.43. The normalized spacial score (nSPS) is 21.1. The van der Waals surface area contributed by atoms with Gasteiger partial charge in [-0.05, 0) is 127 Å². The standard InChI is InChI=1S/C48H59ClN8O8/c1-27(2)56-39-13-9-34(22-33(39)24-41(48(56)63)64-26-43(59)50-6)52-44(29(4)49)51-30(5)54(7)19-16-28(3)65-36-11-10-35(25-36)55-20-17-31(18-21-55)32-8-12-37-38(23-32)47(62)57(46(37)61)40-14-15-42(58)53-45(40)60/h8-9,12-13,22-24,27-28,31,35-36,40H,4-5,10-11,14-21,25-26H2,1-3,6-7H3,(H,50,59)(H,51,52)(H,53,58,60). The third kappa shape index (κ3) is 10.5. The lowest BCUT2D eigenvalue weighted by Crippen LogP contribution is -2.54. The third-order valence-electron chi connectivity index (χ3n) is 13.0. The zero-order valence-electron chi connectivity index (χ0n) is 37.8. The van der Waals surface area contributed by atoms with Crippen LogP contribution in [0.3, 0.4) is 0 Å². The summed E-state index contributed by atoms with van der Waals surface area (Å²) in [4.78, 5) is 86.0. The molecule has 4 unspecified atom stereocenters. The smallest absolute Gasteiger partial charge is 0.293 e. The first-order chi connectivity index (χ1) is 31.0. The van der Waals surface area contributed by atoms with E-state index in [9.17, 15) is 28.8 Å². The van der Waals surface area contributed by atoms with Gasteiger partial charge in [-0.3, -0.25) is 39.0 Å². The number of hydrogen-bond donors (Lipinski definition) is 3. The molecule has 4 aliphatic rings. The first kappa shape index (κ1) is 47.1. The maximum absolute atomic E-state index is 13.4. The van der Waals surface area contributed by atoms with Crippen LogP contribution in [0.1, 0.15) is 110 Å². The van der Waals surface area contributed by atoms with Gasteiger partial charge in [0.25, 0.3) is 23.3 Å². The number of carbonyl (C=O) groups excluding carboxylic acids is 5. The summed E-state index contributed by atoms with van der Waals surface area (Å²) < 4.78 is 13.8. The van der Waals surface area contributed by atoms with Crippen LogP contribution in [0.2, 0.25) is 0 Å². The second kappa shape index (κ2) is 20.1. The Bertz CT molecular complexity index is 2490. The van der Waals surface area contributed by atoms with Crippen LogP contribution in [0, 0.1) is 0 Å². The number of amidine groups is 1. The molecule has 2 aromatic carbocycles. The number of aliphatic imine (C=N–C) groups is 1. The minimum absolute atomic E-state index is 0.00989. The van der Waals surface area contributed by atoms with Crippen molar-refractivity contribution >= 4 is 63.6 Å². The van der Waals surface area contributed by atoms with Gasteiger partial charge in [-0.2, -0.15) is 0 Å². The Kier molecular flexibility index (Phi) is 14.6. The van der Waals surface area contributed by atoms with E-state index in [-0.39, 0.29) is 65.9 Å². The molecule has 2 saturated heterocycles. The lowest BCUT2D eigenvalue weighted by Gasteiger charge is -2.36. The summed E-state index contributed by atoms with van der Waals surface area (Å²) in [5, 5.41) is 8.89. The number of hydrogen-bond acceptors (Lipinski definition) is 11. The average Bonchev–Trinajstić information content (AvgIpc) is 3.84. The predicted octanol–water partition coefficient (Wildman–Crippen LogP) is 5.67. The Labute approximate surface area is 384 Å². The van der Waals surface area contributed by atoms with Crippen LogP contribution in [-0.2, 0) is 19.1 Å². The maximum Gasteiger partial charge on any atom is 0.293 e. The van der Waals surface area contributed by atoms with Gasteiger partial charge in [-0.1, -0.05) is 30.8 Å². The number of nitrogens with zero attached hydrogens (tertiary/aromatic N) is 5. The maximum atomic E-state index is 13.4. The van der Waals surface area contributed by atoms with E-state index >= 15 is 0 Å². The summed E-state index contributed by atoms with van der Waals surface area (Å²) in [5.41, 5.74) is 2.70. The Morgan fingerprint density at radius 1 is 0.969 bits per heavy atom. The molecule has 1 aliphatic carbocycles. The van der Waals surface area contributed by atoms with Crippen molar-refractivity contribution < 1.29 is 33.4 Å². The fourth-order valence-corrected chi connectivity index (χ4v) is 9.44. The number of piperidine rings is 2. The number of amides is 5.